The Morgan fingerprint density at radius 2 is 2.20 bits per heavy atom. The first-order valence-corrected chi connectivity index (χ1v) is 7.40. The number of piperazine rings is 1. The zero-order valence-electron chi connectivity index (χ0n) is 11.4. The minimum atomic E-state index is -0.370. The van der Waals surface area contributed by atoms with Crippen LogP contribution in [0, 0.1) is 0 Å². The van der Waals surface area contributed by atoms with Crippen LogP contribution in [0.25, 0.3) is 0 Å². The Hall–Kier alpha value is -1.24. The molecule has 20 heavy (non-hydrogen) atoms. The lowest BCUT2D eigenvalue weighted by atomic mass is 10.2. The van der Waals surface area contributed by atoms with Gasteiger partial charge in [0.1, 0.15) is 0 Å². The van der Waals surface area contributed by atoms with Gasteiger partial charge in [0.25, 0.3) is 5.91 Å². The van der Waals surface area contributed by atoms with Gasteiger partial charge in [0.15, 0.2) is 0 Å². The Kier molecular flexibility index (Phi) is 5.28. The van der Waals surface area contributed by atoms with Gasteiger partial charge in [-0.05, 0) is 35.0 Å². The molecule has 2 rings (SSSR count). The van der Waals surface area contributed by atoms with E-state index < -0.39 is 0 Å². The summed E-state index contributed by atoms with van der Waals surface area (Å²) in [6.45, 7) is 4.84. The van der Waals surface area contributed by atoms with Crippen molar-refractivity contribution in [2.24, 2.45) is 0 Å². The number of nitrogens with one attached hydrogen (secondary N) is 2. The average molecular weight is 340 g/mol. The third-order valence-electron chi connectivity index (χ3n) is 3.19. The molecular formula is C14H18BrN3O2. The molecule has 0 bridgehead atoms. The molecule has 0 spiro atoms. The first-order valence-electron chi connectivity index (χ1n) is 6.60. The number of amides is 2. The zero-order valence-corrected chi connectivity index (χ0v) is 12.9. The highest BCUT2D eigenvalue weighted by Crippen LogP contribution is 2.15. The highest BCUT2D eigenvalue weighted by molar-refractivity contribution is 9.10. The summed E-state index contributed by atoms with van der Waals surface area (Å²) in [6, 6.07) is 7.42. The summed E-state index contributed by atoms with van der Waals surface area (Å²) in [5, 5.41) is 5.74. The quantitative estimate of drug-likeness (QED) is 0.862. The molecule has 0 saturated carbocycles. The predicted octanol–water partition coefficient (Wildman–Crippen LogP) is 0.999. The monoisotopic (exact) mass is 339 g/mol. The molecule has 1 aliphatic rings. The van der Waals surface area contributed by atoms with Crippen LogP contribution in [0.1, 0.15) is 17.3 Å². The summed E-state index contributed by atoms with van der Waals surface area (Å²) in [5.74, 6) is -0.634. The maximum absolute atomic E-state index is 12.0. The van der Waals surface area contributed by atoms with Crippen molar-refractivity contribution in [3.05, 3.63) is 34.3 Å². The van der Waals surface area contributed by atoms with Crippen LogP contribution >= 0.6 is 15.9 Å². The van der Waals surface area contributed by atoms with Crippen molar-refractivity contribution in [3.63, 3.8) is 0 Å². The SMILES string of the molecule is C[C@@H]1CN(CC(=O)NC(=O)c2ccccc2Br)CCN1. The minimum Gasteiger partial charge on any atom is -0.312 e. The fourth-order valence-corrected chi connectivity index (χ4v) is 2.70. The molecule has 2 amide bonds. The van der Waals surface area contributed by atoms with E-state index >= 15 is 0 Å². The third-order valence-corrected chi connectivity index (χ3v) is 3.88. The van der Waals surface area contributed by atoms with E-state index in [9.17, 15) is 9.59 Å². The van der Waals surface area contributed by atoms with Crippen LogP contribution in [0.2, 0.25) is 0 Å². The fraction of sp³-hybridized carbons (Fsp3) is 0.429. The summed E-state index contributed by atoms with van der Waals surface area (Å²) in [6.07, 6.45) is 0. The molecule has 1 aromatic carbocycles. The molecule has 0 unspecified atom stereocenters. The van der Waals surface area contributed by atoms with Crippen LogP contribution < -0.4 is 10.6 Å². The van der Waals surface area contributed by atoms with Crippen molar-refractivity contribution in [2.75, 3.05) is 26.2 Å². The van der Waals surface area contributed by atoms with Gasteiger partial charge in [0.05, 0.1) is 12.1 Å². The molecule has 5 nitrogen and oxygen atoms in total. The van der Waals surface area contributed by atoms with E-state index in [4.69, 9.17) is 0 Å². The lowest BCUT2D eigenvalue weighted by molar-refractivity contribution is -0.121. The molecule has 1 heterocycles. The fourth-order valence-electron chi connectivity index (χ4n) is 2.24. The summed E-state index contributed by atoms with van der Waals surface area (Å²) in [4.78, 5) is 25.9. The molecule has 1 aliphatic heterocycles. The van der Waals surface area contributed by atoms with Gasteiger partial charge in [-0.1, -0.05) is 12.1 Å². The Balaban J connectivity index is 1.88. The van der Waals surface area contributed by atoms with Crippen molar-refractivity contribution in [1.29, 1.82) is 0 Å². The number of hydrogen-bond donors (Lipinski definition) is 2. The highest BCUT2D eigenvalue weighted by Gasteiger charge is 2.19. The number of hydrogen-bond acceptors (Lipinski definition) is 4. The highest BCUT2D eigenvalue weighted by atomic mass is 79.9. The van der Waals surface area contributed by atoms with Crippen molar-refractivity contribution in [3.8, 4) is 0 Å². The summed E-state index contributed by atoms with van der Waals surface area (Å²) in [5.41, 5.74) is 0.467. The molecule has 0 aromatic heterocycles. The van der Waals surface area contributed by atoms with E-state index in [-0.39, 0.29) is 18.4 Å². The third kappa shape index (κ3) is 4.13. The van der Waals surface area contributed by atoms with Gasteiger partial charge < -0.3 is 5.32 Å². The van der Waals surface area contributed by atoms with Gasteiger partial charge in [-0.3, -0.25) is 19.8 Å². The zero-order chi connectivity index (χ0) is 14.5. The molecule has 6 heteroatoms. The molecule has 1 atom stereocenters. The molecule has 108 valence electrons. The van der Waals surface area contributed by atoms with Crippen LogP contribution in [0.3, 0.4) is 0 Å². The number of benzene rings is 1. The van der Waals surface area contributed by atoms with Gasteiger partial charge in [-0.15, -0.1) is 0 Å². The van der Waals surface area contributed by atoms with Crippen LogP contribution in [-0.4, -0.2) is 48.9 Å². The van der Waals surface area contributed by atoms with Crippen molar-refractivity contribution in [2.45, 2.75) is 13.0 Å². The summed E-state index contributed by atoms with van der Waals surface area (Å²) >= 11 is 3.30. The topological polar surface area (TPSA) is 61.4 Å². The second kappa shape index (κ2) is 6.97. The Morgan fingerprint density at radius 3 is 2.90 bits per heavy atom. The summed E-state index contributed by atoms with van der Waals surface area (Å²) in [7, 11) is 0. The maximum Gasteiger partial charge on any atom is 0.259 e. The van der Waals surface area contributed by atoms with Gasteiger partial charge >= 0.3 is 0 Å². The van der Waals surface area contributed by atoms with E-state index in [2.05, 4.69) is 33.5 Å². The number of halogens is 1. The van der Waals surface area contributed by atoms with Gasteiger partial charge in [-0.25, -0.2) is 0 Å². The van der Waals surface area contributed by atoms with Crippen LogP contribution in [0.15, 0.2) is 28.7 Å². The van der Waals surface area contributed by atoms with Crippen molar-refractivity contribution < 1.29 is 9.59 Å². The van der Waals surface area contributed by atoms with Crippen molar-refractivity contribution in [1.82, 2.24) is 15.5 Å². The number of imide groups is 1. The first kappa shape index (κ1) is 15.2. The maximum atomic E-state index is 12.0. The van der Waals surface area contributed by atoms with Gasteiger partial charge in [-0.2, -0.15) is 0 Å². The van der Waals surface area contributed by atoms with Gasteiger partial charge in [0, 0.05) is 30.1 Å². The van der Waals surface area contributed by atoms with E-state index in [1.165, 1.54) is 0 Å². The molecule has 0 radical (unpaired) electrons. The molecule has 1 fully saturated rings. The Bertz CT molecular complexity index is 507. The van der Waals surface area contributed by atoms with Crippen LogP contribution in [0.4, 0.5) is 0 Å². The van der Waals surface area contributed by atoms with E-state index in [1.54, 1.807) is 18.2 Å². The van der Waals surface area contributed by atoms with Crippen molar-refractivity contribution >= 4 is 27.7 Å². The standard InChI is InChI=1S/C14H18BrN3O2/c1-10-8-18(7-6-16-10)9-13(19)17-14(20)11-4-2-3-5-12(11)15/h2-5,10,16H,6-9H2,1H3,(H,17,19,20)/t10-/m1/s1. The van der Waals surface area contributed by atoms with Crippen LogP contribution in [-0.2, 0) is 4.79 Å². The van der Waals surface area contributed by atoms with E-state index in [1.807, 2.05) is 11.0 Å². The number of rotatable bonds is 3. The molecule has 1 saturated heterocycles. The molecule has 1 aromatic rings. The largest absolute Gasteiger partial charge is 0.312 e. The van der Waals surface area contributed by atoms with Gasteiger partial charge in [0.2, 0.25) is 5.91 Å². The average Bonchev–Trinajstić information content (AvgIpc) is 2.38. The lowest BCUT2D eigenvalue weighted by Gasteiger charge is -2.31. The summed E-state index contributed by atoms with van der Waals surface area (Å²) < 4.78 is 0.682. The normalized spacial score (nSPS) is 19.6. The van der Waals surface area contributed by atoms with Crippen LogP contribution in [0.5, 0.6) is 0 Å². The molecular weight excluding hydrogens is 322 g/mol. The lowest BCUT2D eigenvalue weighted by Crippen LogP contribution is -2.52. The Labute approximate surface area is 126 Å². The Morgan fingerprint density at radius 1 is 1.45 bits per heavy atom. The molecule has 2 N–H and O–H groups in total. The predicted molar refractivity (Wildman–Crippen MR) is 80.5 cm³/mol. The van der Waals surface area contributed by atoms with E-state index in [0.717, 1.165) is 19.6 Å². The number of nitrogens with zero attached hydrogens (tertiary/aromatic N) is 1. The number of carbonyl (C=O) groups excluding carboxylic acids is 2. The first-order chi connectivity index (χ1) is 9.56. The smallest absolute Gasteiger partial charge is 0.259 e. The van der Waals surface area contributed by atoms with E-state index in [0.29, 0.717) is 16.1 Å². The molecule has 0 aliphatic carbocycles. The minimum absolute atomic E-state index is 0.252. The second-order valence-electron chi connectivity index (χ2n) is 4.95. The number of carbonyl (C=O) groups is 2. The second-order valence-corrected chi connectivity index (χ2v) is 5.80.